The number of carbonyl (C=O) groups is 2. The molecule has 0 bridgehead atoms. The van der Waals surface area contributed by atoms with Crippen molar-refractivity contribution in [1.29, 1.82) is 0 Å². The van der Waals surface area contributed by atoms with Crippen molar-refractivity contribution >= 4 is 23.3 Å². The number of carbonyl (C=O) groups excluding carboxylic acids is 2. The molecule has 0 saturated heterocycles. The van der Waals surface area contributed by atoms with Gasteiger partial charge in [0.2, 0.25) is 0 Å². The molecule has 0 fully saturated rings. The monoisotopic (exact) mass is 385 g/mol. The molecule has 7 heteroatoms. The van der Waals surface area contributed by atoms with E-state index in [2.05, 4.69) is 10.6 Å². The Hall–Kier alpha value is -3.09. The average molecular weight is 385 g/mol. The van der Waals surface area contributed by atoms with Crippen LogP contribution in [0.1, 0.15) is 33.3 Å². The lowest BCUT2D eigenvalue weighted by molar-refractivity contribution is -0.125. The normalized spacial score (nSPS) is 16.2. The molecule has 2 aromatic rings. The molecule has 2 N–H and O–H groups in total. The molecule has 28 heavy (non-hydrogen) atoms. The molecule has 148 valence electrons. The number of urea groups is 1. The molecular weight excluding hydrogens is 361 g/mol. The second-order valence-corrected chi connectivity index (χ2v) is 7.80. The van der Waals surface area contributed by atoms with Gasteiger partial charge in [-0.25, -0.2) is 9.18 Å². The van der Waals surface area contributed by atoms with Gasteiger partial charge in [-0.15, -0.1) is 0 Å². The van der Waals surface area contributed by atoms with Gasteiger partial charge in [0, 0.05) is 17.7 Å². The smallest absolute Gasteiger partial charge is 0.319 e. The summed E-state index contributed by atoms with van der Waals surface area (Å²) in [5, 5.41) is 5.21. The van der Waals surface area contributed by atoms with Gasteiger partial charge < -0.3 is 20.3 Å². The molecule has 0 saturated carbocycles. The maximum absolute atomic E-state index is 14.7. The Labute approximate surface area is 163 Å². The van der Waals surface area contributed by atoms with Crippen LogP contribution >= 0.6 is 0 Å². The fourth-order valence-corrected chi connectivity index (χ4v) is 2.95. The van der Waals surface area contributed by atoms with E-state index in [0.29, 0.717) is 18.0 Å². The molecule has 0 radical (unpaired) electrons. The molecule has 1 aliphatic heterocycles. The molecule has 0 unspecified atom stereocenters. The van der Waals surface area contributed by atoms with Crippen molar-refractivity contribution in [3.05, 3.63) is 53.8 Å². The summed E-state index contributed by atoms with van der Waals surface area (Å²) in [6, 6.07) is 11.6. The highest BCUT2D eigenvalue weighted by atomic mass is 19.1. The van der Waals surface area contributed by atoms with E-state index in [9.17, 15) is 14.0 Å². The predicted octanol–water partition coefficient (Wildman–Crippen LogP) is 4.06. The minimum atomic E-state index is -0.710. The Kier molecular flexibility index (Phi) is 5.27. The molecule has 0 spiro atoms. The Bertz CT molecular complexity index is 894. The number of amides is 3. The molecular formula is C21H24FN3O3. The number of benzene rings is 2. The fraction of sp³-hybridized carbons (Fsp3) is 0.333. The van der Waals surface area contributed by atoms with Crippen LogP contribution < -0.4 is 20.3 Å². The van der Waals surface area contributed by atoms with Gasteiger partial charge in [0.25, 0.3) is 5.91 Å². The number of ether oxygens (including phenoxy) is 1. The van der Waals surface area contributed by atoms with Crippen LogP contribution in [0.4, 0.5) is 20.6 Å². The number of nitrogens with zero attached hydrogens (tertiary/aromatic N) is 1. The van der Waals surface area contributed by atoms with Gasteiger partial charge in [-0.2, -0.15) is 0 Å². The molecule has 0 aromatic heterocycles. The Morgan fingerprint density at radius 2 is 1.89 bits per heavy atom. The highest BCUT2D eigenvalue weighted by Gasteiger charge is 2.33. The minimum absolute atomic E-state index is 0.0123. The number of nitrogens with one attached hydrogen (secondary N) is 2. The zero-order chi connectivity index (χ0) is 20.5. The summed E-state index contributed by atoms with van der Waals surface area (Å²) >= 11 is 0. The Morgan fingerprint density at radius 1 is 1.21 bits per heavy atom. The van der Waals surface area contributed by atoms with Crippen molar-refractivity contribution < 1.29 is 18.7 Å². The van der Waals surface area contributed by atoms with Gasteiger partial charge in [-0.3, -0.25) is 4.79 Å². The van der Waals surface area contributed by atoms with Crippen LogP contribution in [0.5, 0.6) is 5.75 Å². The van der Waals surface area contributed by atoms with E-state index in [1.54, 1.807) is 6.92 Å². The number of halogens is 1. The standard InChI is InChI=1S/C21H24FN3O3/c1-13-19(26)25(12-14-8-6-5-7-9-14)17-10-15(22)16(11-18(17)28-13)23-20(27)24-21(2,3)4/h5-11,13H,12H2,1-4H3,(H2,23,24,27)/t13-/m1/s1. The van der Waals surface area contributed by atoms with Gasteiger partial charge >= 0.3 is 6.03 Å². The number of fused-ring (bicyclic) bond motifs is 1. The van der Waals surface area contributed by atoms with Gasteiger partial charge in [0.1, 0.15) is 11.6 Å². The highest BCUT2D eigenvalue weighted by Crippen LogP contribution is 2.38. The number of hydrogen-bond acceptors (Lipinski definition) is 3. The van der Waals surface area contributed by atoms with Crippen molar-refractivity contribution in [3.63, 3.8) is 0 Å². The van der Waals surface area contributed by atoms with Gasteiger partial charge in [-0.05, 0) is 33.3 Å². The predicted molar refractivity (Wildman–Crippen MR) is 106 cm³/mol. The van der Waals surface area contributed by atoms with Gasteiger partial charge in [-0.1, -0.05) is 30.3 Å². The van der Waals surface area contributed by atoms with Crippen molar-refractivity contribution in [2.45, 2.75) is 45.9 Å². The highest BCUT2D eigenvalue weighted by molar-refractivity contribution is 6.00. The topological polar surface area (TPSA) is 70.7 Å². The average Bonchev–Trinajstić information content (AvgIpc) is 2.60. The summed E-state index contributed by atoms with van der Waals surface area (Å²) in [5.74, 6) is -0.552. The van der Waals surface area contributed by atoms with Crippen LogP contribution in [-0.2, 0) is 11.3 Å². The quantitative estimate of drug-likeness (QED) is 0.837. The van der Waals surface area contributed by atoms with E-state index in [4.69, 9.17) is 4.74 Å². The first kappa shape index (κ1) is 19.7. The Morgan fingerprint density at radius 3 is 2.54 bits per heavy atom. The maximum Gasteiger partial charge on any atom is 0.319 e. The zero-order valence-corrected chi connectivity index (χ0v) is 16.4. The molecule has 1 aliphatic rings. The lowest BCUT2D eigenvalue weighted by Crippen LogP contribution is -2.44. The summed E-state index contributed by atoms with van der Waals surface area (Å²) in [6.07, 6.45) is -0.710. The molecule has 2 aromatic carbocycles. The number of anilines is 2. The van der Waals surface area contributed by atoms with Crippen LogP contribution in [0, 0.1) is 5.82 Å². The Balaban J connectivity index is 1.90. The van der Waals surface area contributed by atoms with Crippen molar-refractivity contribution in [2.75, 3.05) is 10.2 Å². The fourth-order valence-electron chi connectivity index (χ4n) is 2.95. The molecule has 3 rings (SSSR count). The number of rotatable bonds is 3. The van der Waals surface area contributed by atoms with Crippen molar-refractivity contribution in [1.82, 2.24) is 5.32 Å². The summed E-state index contributed by atoms with van der Waals surface area (Å²) < 4.78 is 20.3. The van der Waals surface area contributed by atoms with Crippen LogP contribution in [-0.4, -0.2) is 23.6 Å². The molecule has 1 atom stereocenters. The van der Waals surface area contributed by atoms with Gasteiger partial charge in [0.05, 0.1) is 17.9 Å². The molecule has 6 nitrogen and oxygen atoms in total. The third kappa shape index (κ3) is 4.42. The summed E-state index contributed by atoms with van der Waals surface area (Å²) in [7, 11) is 0. The first-order valence-electron chi connectivity index (χ1n) is 9.09. The third-order valence-corrected chi connectivity index (χ3v) is 4.18. The second kappa shape index (κ2) is 7.50. The van der Waals surface area contributed by atoms with Crippen molar-refractivity contribution in [2.24, 2.45) is 0 Å². The number of hydrogen-bond donors (Lipinski definition) is 2. The first-order valence-corrected chi connectivity index (χ1v) is 9.09. The van der Waals surface area contributed by atoms with Crippen LogP contribution in [0.2, 0.25) is 0 Å². The van der Waals surface area contributed by atoms with E-state index in [-0.39, 0.29) is 11.6 Å². The largest absolute Gasteiger partial charge is 0.479 e. The first-order chi connectivity index (χ1) is 13.1. The third-order valence-electron chi connectivity index (χ3n) is 4.18. The summed E-state index contributed by atoms with van der Waals surface area (Å²) in [5.41, 5.74) is 0.787. The van der Waals surface area contributed by atoms with E-state index < -0.39 is 23.5 Å². The van der Waals surface area contributed by atoms with Crippen LogP contribution in [0.3, 0.4) is 0 Å². The van der Waals surface area contributed by atoms with Crippen molar-refractivity contribution in [3.8, 4) is 5.75 Å². The maximum atomic E-state index is 14.7. The zero-order valence-electron chi connectivity index (χ0n) is 16.4. The molecule has 3 amide bonds. The van der Waals surface area contributed by atoms with E-state index in [1.165, 1.54) is 17.0 Å². The SMILES string of the molecule is C[C@H]1Oc2cc(NC(=O)NC(C)(C)C)c(F)cc2N(Cc2ccccc2)C1=O. The van der Waals surface area contributed by atoms with E-state index in [0.717, 1.165) is 5.56 Å². The molecule has 0 aliphatic carbocycles. The molecule has 1 heterocycles. The lowest BCUT2D eigenvalue weighted by atomic mass is 10.1. The van der Waals surface area contributed by atoms with Crippen LogP contribution in [0.25, 0.3) is 0 Å². The second-order valence-electron chi connectivity index (χ2n) is 7.80. The van der Waals surface area contributed by atoms with Crippen LogP contribution in [0.15, 0.2) is 42.5 Å². The van der Waals surface area contributed by atoms with Gasteiger partial charge in [0.15, 0.2) is 6.10 Å². The van der Waals surface area contributed by atoms with E-state index >= 15 is 0 Å². The van der Waals surface area contributed by atoms with E-state index in [1.807, 2.05) is 51.1 Å². The summed E-state index contributed by atoms with van der Waals surface area (Å²) in [6.45, 7) is 7.43. The summed E-state index contributed by atoms with van der Waals surface area (Å²) in [4.78, 5) is 26.2. The lowest BCUT2D eigenvalue weighted by Gasteiger charge is -2.33. The minimum Gasteiger partial charge on any atom is -0.479 e.